The molecule has 0 aliphatic carbocycles. The molecule has 0 aromatic carbocycles. The number of nitrogens with one attached hydrogen (secondary N) is 1. The molecule has 0 aliphatic heterocycles. The number of hydrogen-bond donors (Lipinski definition) is 1. The van der Waals surface area contributed by atoms with E-state index in [0.29, 0.717) is 23.8 Å². The lowest BCUT2D eigenvalue weighted by atomic mass is 10.2. The first-order valence-electron chi connectivity index (χ1n) is 6.87. The van der Waals surface area contributed by atoms with Crippen LogP contribution in [0.5, 0.6) is 0 Å². The zero-order valence-corrected chi connectivity index (χ0v) is 13.0. The predicted octanol–water partition coefficient (Wildman–Crippen LogP) is 2.47. The minimum absolute atomic E-state index is 0.317. The highest BCUT2D eigenvalue weighted by atomic mass is 16.5. The summed E-state index contributed by atoms with van der Waals surface area (Å²) in [6.45, 7) is 7.89. The average molecular weight is 291 g/mol. The van der Waals surface area contributed by atoms with Gasteiger partial charge in [-0.1, -0.05) is 13.8 Å². The monoisotopic (exact) mass is 291 g/mol. The molecule has 0 amide bonds. The first-order valence-corrected chi connectivity index (χ1v) is 6.87. The Morgan fingerprint density at radius 1 is 1.38 bits per heavy atom. The van der Waals surface area contributed by atoms with Gasteiger partial charge in [0.05, 0.1) is 18.5 Å². The average Bonchev–Trinajstić information content (AvgIpc) is 2.77. The van der Waals surface area contributed by atoms with Crippen LogP contribution in [0.15, 0.2) is 18.6 Å². The molecule has 0 unspecified atom stereocenters. The Balaban J connectivity index is 0.00000106. The van der Waals surface area contributed by atoms with Crippen molar-refractivity contribution in [2.24, 2.45) is 7.05 Å². The fourth-order valence-corrected chi connectivity index (χ4v) is 1.63. The van der Waals surface area contributed by atoms with Crippen molar-refractivity contribution in [1.29, 1.82) is 0 Å². The number of esters is 1. The maximum absolute atomic E-state index is 11.9. The lowest BCUT2D eigenvalue weighted by Gasteiger charge is -2.05. The van der Waals surface area contributed by atoms with Gasteiger partial charge in [-0.25, -0.2) is 9.78 Å². The number of carbonyl (C=O) groups is 1. The predicted molar refractivity (Wildman–Crippen MR) is 80.6 cm³/mol. The fourth-order valence-electron chi connectivity index (χ4n) is 1.63. The topological polar surface area (TPSA) is 81.9 Å². The van der Waals surface area contributed by atoms with Crippen molar-refractivity contribution in [3.05, 3.63) is 29.8 Å². The third-order valence-electron chi connectivity index (χ3n) is 2.62. The first kappa shape index (κ1) is 16.6. The van der Waals surface area contributed by atoms with E-state index in [2.05, 4.69) is 20.4 Å². The molecule has 114 valence electrons. The standard InChI is InChI=1S/C12H15N5O2.C2H6/c1-4-19-12(18)10-8(2)17(3)16-11(10)15-9-7-13-5-6-14-9;1-2/h5-7H,4H2,1-3H3,(H,14,15,16);1-2H3. The van der Waals surface area contributed by atoms with Crippen LogP contribution in [-0.2, 0) is 11.8 Å². The van der Waals surface area contributed by atoms with E-state index < -0.39 is 5.97 Å². The largest absolute Gasteiger partial charge is 0.462 e. The van der Waals surface area contributed by atoms with Crippen molar-refractivity contribution < 1.29 is 9.53 Å². The number of aryl methyl sites for hydroxylation is 1. The van der Waals surface area contributed by atoms with Gasteiger partial charge in [-0.3, -0.25) is 9.67 Å². The second-order valence-electron chi connectivity index (χ2n) is 3.87. The Labute approximate surface area is 124 Å². The molecule has 0 saturated heterocycles. The molecule has 0 atom stereocenters. The van der Waals surface area contributed by atoms with Crippen LogP contribution in [0.4, 0.5) is 11.6 Å². The highest BCUT2D eigenvalue weighted by molar-refractivity contribution is 5.96. The number of rotatable bonds is 4. The Kier molecular flexibility index (Phi) is 6.32. The van der Waals surface area contributed by atoms with E-state index in [9.17, 15) is 4.79 Å². The van der Waals surface area contributed by atoms with E-state index in [-0.39, 0.29) is 0 Å². The van der Waals surface area contributed by atoms with Gasteiger partial charge in [0, 0.05) is 19.4 Å². The number of nitrogens with zero attached hydrogens (tertiary/aromatic N) is 4. The Hall–Kier alpha value is -2.44. The molecular weight excluding hydrogens is 270 g/mol. The summed E-state index contributed by atoms with van der Waals surface area (Å²) in [5.74, 6) is 0.532. The summed E-state index contributed by atoms with van der Waals surface area (Å²) in [5.41, 5.74) is 1.14. The molecule has 1 N–H and O–H groups in total. The van der Waals surface area contributed by atoms with Gasteiger partial charge < -0.3 is 10.1 Å². The van der Waals surface area contributed by atoms with Gasteiger partial charge in [0.2, 0.25) is 0 Å². The van der Waals surface area contributed by atoms with Crippen molar-refractivity contribution in [3.8, 4) is 0 Å². The van der Waals surface area contributed by atoms with Gasteiger partial charge in [0.1, 0.15) is 11.4 Å². The van der Waals surface area contributed by atoms with E-state index in [4.69, 9.17) is 4.74 Å². The van der Waals surface area contributed by atoms with Crippen LogP contribution in [0.2, 0.25) is 0 Å². The minimum Gasteiger partial charge on any atom is -0.462 e. The van der Waals surface area contributed by atoms with Crippen molar-refractivity contribution in [1.82, 2.24) is 19.7 Å². The first-order chi connectivity index (χ1) is 10.1. The van der Waals surface area contributed by atoms with Crippen LogP contribution >= 0.6 is 0 Å². The van der Waals surface area contributed by atoms with Crippen molar-refractivity contribution in [3.63, 3.8) is 0 Å². The Morgan fingerprint density at radius 2 is 2.10 bits per heavy atom. The maximum atomic E-state index is 11.9. The van der Waals surface area contributed by atoms with Gasteiger partial charge in [-0.2, -0.15) is 5.10 Å². The normalized spacial score (nSPS) is 9.57. The molecule has 0 radical (unpaired) electrons. The van der Waals surface area contributed by atoms with Crippen molar-refractivity contribution in [2.45, 2.75) is 27.7 Å². The smallest absolute Gasteiger partial charge is 0.343 e. The van der Waals surface area contributed by atoms with Crippen LogP contribution in [0.25, 0.3) is 0 Å². The zero-order chi connectivity index (χ0) is 15.8. The molecule has 0 bridgehead atoms. The summed E-state index contributed by atoms with van der Waals surface area (Å²) < 4.78 is 6.65. The maximum Gasteiger partial charge on any atom is 0.343 e. The van der Waals surface area contributed by atoms with Gasteiger partial charge >= 0.3 is 5.97 Å². The summed E-state index contributed by atoms with van der Waals surface area (Å²) in [4.78, 5) is 20.0. The van der Waals surface area contributed by atoms with Crippen molar-refractivity contribution >= 4 is 17.6 Å². The number of aromatic nitrogens is 4. The molecule has 7 nitrogen and oxygen atoms in total. The molecule has 2 heterocycles. The lowest BCUT2D eigenvalue weighted by molar-refractivity contribution is 0.0526. The SMILES string of the molecule is CC.CCOC(=O)c1c(Nc2cnccn2)nn(C)c1C. The molecule has 0 fully saturated rings. The second-order valence-corrected chi connectivity index (χ2v) is 3.87. The van der Waals surface area contributed by atoms with E-state index >= 15 is 0 Å². The van der Waals surface area contributed by atoms with Gasteiger partial charge in [-0.15, -0.1) is 0 Å². The molecule has 2 rings (SSSR count). The molecule has 21 heavy (non-hydrogen) atoms. The highest BCUT2D eigenvalue weighted by Gasteiger charge is 2.21. The quantitative estimate of drug-likeness (QED) is 0.871. The summed E-state index contributed by atoms with van der Waals surface area (Å²) >= 11 is 0. The van der Waals surface area contributed by atoms with Crippen LogP contribution in [0.1, 0.15) is 36.8 Å². The van der Waals surface area contributed by atoms with E-state index in [1.54, 1.807) is 44.2 Å². The molecule has 0 saturated carbocycles. The number of anilines is 2. The molecule has 7 heteroatoms. The zero-order valence-electron chi connectivity index (χ0n) is 13.0. The van der Waals surface area contributed by atoms with Gasteiger partial charge in [-0.05, 0) is 13.8 Å². The molecule has 2 aromatic heterocycles. The fraction of sp³-hybridized carbons (Fsp3) is 0.429. The van der Waals surface area contributed by atoms with Crippen LogP contribution in [0.3, 0.4) is 0 Å². The molecule has 2 aromatic rings. The minimum atomic E-state index is -0.403. The van der Waals surface area contributed by atoms with Gasteiger partial charge in [0.25, 0.3) is 0 Å². The molecule has 0 aliphatic rings. The summed E-state index contributed by atoms with van der Waals surface area (Å²) in [6, 6.07) is 0. The Bertz CT molecular complexity index is 581. The summed E-state index contributed by atoms with van der Waals surface area (Å²) in [6.07, 6.45) is 4.68. The highest BCUT2D eigenvalue weighted by Crippen LogP contribution is 2.21. The number of carbonyl (C=O) groups excluding carboxylic acids is 1. The van der Waals surface area contributed by atoms with Gasteiger partial charge in [0.15, 0.2) is 5.82 Å². The molecular formula is C14H21N5O2. The van der Waals surface area contributed by atoms with E-state index in [1.807, 2.05) is 13.8 Å². The Morgan fingerprint density at radius 3 is 2.67 bits per heavy atom. The van der Waals surface area contributed by atoms with Crippen LogP contribution in [0, 0.1) is 6.92 Å². The molecule has 0 spiro atoms. The second kappa shape index (κ2) is 7.98. The van der Waals surface area contributed by atoms with Crippen LogP contribution in [-0.4, -0.2) is 32.3 Å². The van der Waals surface area contributed by atoms with E-state index in [0.717, 1.165) is 5.69 Å². The number of ether oxygens (including phenoxy) is 1. The van der Waals surface area contributed by atoms with Crippen LogP contribution < -0.4 is 5.32 Å². The summed E-state index contributed by atoms with van der Waals surface area (Å²) in [7, 11) is 1.76. The third-order valence-corrected chi connectivity index (χ3v) is 2.62. The van der Waals surface area contributed by atoms with E-state index in [1.165, 1.54) is 0 Å². The number of hydrogen-bond acceptors (Lipinski definition) is 6. The summed E-state index contributed by atoms with van der Waals surface area (Å²) in [5, 5.41) is 7.21. The van der Waals surface area contributed by atoms with Crippen molar-refractivity contribution in [2.75, 3.05) is 11.9 Å². The third kappa shape index (κ3) is 4.01. The lowest BCUT2D eigenvalue weighted by Crippen LogP contribution is -2.08.